The molecule has 0 radical (unpaired) electrons. The second kappa shape index (κ2) is 5.54. The molecule has 3 rings (SSSR count). The topological polar surface area (TPSA) is 64.8 Å². The van der Waals surface area contributed by atoms with Crippen molar-refractivity contribution in [3.63, 3.8) is 0 Å². The van der Waals surface area contributed by atoms with E-state index in [-0.39, 0.29) is 0 Å². The van der Waals surface area contributed by atoms with E-state index in [1.54, 1.807) is 12.4 Å². The number of rotatable bonds is 2. The smallest absolute Gasteiger partial charge is 0.183 e. The van der Waals surface area contributed by atoms with Crippen molar-refractivity contribution in [3.8, 4) is 6.07 Å². The van der Waals surface area contributed by atoms with Gasteiger partial charge in [0, 0.05) is 31.0 Å². The Balaban J connectivity index is 1.89. The second-order valence-corrected chi connectivity index (χ2v) is 5.30. The monoisotopic (exact) mass is 257 g/mol. The minimum atomic E-state index is 0.451. The molecule has 5 nitrogen and oxygen atoms in total. The SMILES string of the molecule is N#Cc1nccnc1N1CCCCC1C1CCCN1. The van der Waals surface area contributed by atoms with Gasteiger partial charge in [0.1, 0.15) is 6.07 Å². The summed E-state index contributed by atoms with van der Waals surface area (Å²) in [6, 6.07) is 3.16. The van der Waals surface area contributed by atoms with Crippen LogP contribution in [0.1, 0.15) is 37.8 Å². The molecule has 3 heterocycles. The van der Waals surface area contributed by atoms with Gasteiger partial charge in [0.05, 0.1) is 0 Å². The zero-order valence-corrected chi connectivity index (χ0v) is 11.0. The van der Waals surface area contributed by atoms with Gasteiger partial charge in [0.25, 0.3) is 0 Å². The van der Waals surface area contributed by atoms with Crippen LogP contribution >= 0.6 is 0 Å². The molecule has 0 amide bonds. The van der Waals surface area contributed by atoms with Gasteiger partial charge in [-0.25, -0.2) is 9.97 Å². The summed E-state index contributed by atoms with van der Waals surface area (Å²) in [5.41, 5.74) is 0.451. The summed E-state index contributed by atoms with van der Waals surface area (Å²) >= 11 is 0. The minimum absolute atomic E-state index is 0.451. The maximum atomic E-state index is 9.21. The lowest BCUT2D eigenvalue weighted by molar-refractivity contribution is 0.375. The fourth-order valence-electron chi connectivity index (χ4n) is 3.30. The number of nitriles is 1. The van der Waals surface area contributed by atoms with Crippen LogP contribution in [-0.2, 0) is 0 Å². The van der Waals surface area contributed by atoms with Gasteiger partial charge in [-0.3, -0.25) is 0 Å². The van der Waals surface area contributed by atoms with Gasteiger partial charge in [0.2, 0.25) is 0 Å². The van der Waals surface area contributed by atoms with E-state index in [2.05, 4.69) is 26.3 Å². The zero-order chi connectivity index (χ0) is 13.1. The Morgan fingerprint density at radius 1 is 1.21 bits per heavy atom. The molecular formula is C14H19N5. The number of hydrogen-bond donors (Lipinski definition) is 1. The Hall–Kier alpha value is -1.67. The Kier molecular flexibility index (Phi) is 3.60. The molecule has 2 aliphatic heterocycles. The molecule has 0 bridgehead atoms. The van der Waals surface area contributed by atoms with Crippen molar-refractivity contribution in [2.45, 2.75) is 44.2 Å². The molecule has 2 aliphatic rings. The first kappa shape index (κ1) is 12.4. The van der Waals surface area contributed by atoms with Crippen LogP contribution in [-0.4, -0.2) is 35.1 Å². The first-order valence-corrected chi connectivity index (χ1v) is 7.11. The van der Waals surface area contributed by atoms with Crippen molar-refractivity contribution in [2.75, 3.05) is 18.0 Å². The summed E-state index contributed by atoms with van der Waals surface area (Å²) in [5, 5.41) is 12.8. The third kappa shape index (κ3) is 2.41. The molecule has 5 heteroatoms. The lowest BCUT2D eigenvalue weighted by Gasteiger charge is -2.40. The number of hydrogen-bond acceptors (Lipinski definition) is 5. The van der Waals surface area contributed by atoms with E-state index in [1.807, 2.05) is 0 Å². The van der Waals surface area contributed by atoms with Crippen LogP contribution in [0.2, 0.25) is 0 Å². The molecule has 2 fully saturated rings. The van der Waals surface area contributed by atoms with Crippen LogP contribution in [0.5, 0.6) is 0 Å². The van der Waals surface area contributed by atoms with Gasteiger partial charge in [-0.1, -0.05) is 0 Å². The fourth-order valence-corrected chi connectivity index (χ4v) is 3.30. The average Bonchev–Trinajstić information content (AvgIpc) is 3.01. The first-order valence-electron chi connectivity index (χ1n) is 7.11. The zero-order valence-electron chi connectivity index (χ0n) is 11.0. The molecular weight excluding hydrogens is 238 g/mol. The highest BCUT2D eigenvalue weighted by atomic mass is 15.3. The molecule has 19 heavy (non-hydrogen) atoms. The maximum absolute atomic E-state index is 9.21. The van der Waals surface area contributed by atoms with E-state index in [1.165, 1.54) is 32.1 Å². The van der Waals surface area contributed by atoms with Crippen molar-refractivity contribution in [1.82, 2.24) is 15.3 Å². The largest absolute Gasteiger partial charge is 0.350 e. The van der Waals surface area contributed by atoms with E-state index < -0.39 is 0 Å². The van der Waals surface area contributed by atoms with Crippen molar-refractivity contribution in [3.05, 3.63) is 18.1 Å². The van der Waals surface area contributed by atoms with E-state index in [9.17, 15) is 5.26 Å². The Labute approximate surface area is 113 Å². The van der Waals surface area contributed by atoms with Crippen LogP contribution in [0, 0.1) is 11.3 Å². The summed E-state index contributed by atoms with van der Waals surface area (Å²) in [6.07, 6.45) is 9.37. The summed E-state index contributed by atoms with van der Waals surface area (Å²) in [5.74, 6) is 0.767. The summed E-state index contributed by atoms with van der Waals surface area (Å²) in [6.45, 7) is 2.09. The third-order valence-electron chi connectivity index (χ3n) is 4.17. The molecule has 1 aromatic rings. The highest BCUT2D eigenvalue weighted by Gasteiger charge is 2.33. The molecule has 0 saturated carbocycles. The molecule has 2 atom stereocenters. The van der Waals surface area contributed by atoms with E-state index in [0.29, 0.717) is 17.8 Å². The highest BCUT2D eigenvalue weighted by molar-refractivity contribution is 5.51. The van der Waals surface area contributed by atoms with Crippen molar-refractivity contribution >= 4 is 5.82 Å². The van der Waals surface area contributed by atoms with Crippen LogP contribution in [0.15, 0.2) is 12.4 Å². The first-order chi connectivity index (χ1) is 9.40. The third-order valence-corrected chi connectivity index (χ3v) is 4.17. The molecule has 0 aliphatic carbocycles. The van der Waals surface area contributed by atoms with Crippen LogP contribution in [0.3, 0.4) is 0 Å². The average molecular weight is 257 g/mol. The lowest BCUT2D eigenvalue weighted by atomic mass is 9.94. The van der Waals surface area contributed by atoms with Crippen LogP contribution in [0.25, 0.3) is 0 Å². The maximum Gasteiger partial charge on any atom is 0.183 e. The highest BCUT2D eigenvalue weighted by Crippen LogP contribution is 2.29. The summed E-state index contributed by atoms with van der Waals surface area (Å²) in [4.78, 5) is 10.9. The van der Waals surface area contributed by atoms with Gasteiger partial charge in [-0.2, -0.15) is 5.26 Å². The van der Waals surface area contributed by atoms with Gasteiger partial charge in [-0.15, -0.1) is 0 Å². The second-order valence-electron chi connectivity index (χ2n) is 5.30. The van der Waals surface area contributed by atoms with Gasteiger partial charge >= 0.3 is 0 Å². The number of anilines is 1. The minimum Gasteiger partial charge on any atom is -0.350 e. The molecule has 0 aromatic carbocycles. The lowest BCUT2D eigenvalue weighted by Crippen LogP contribution is -2.51. The van der Waals surface area contributed by atoms with Gasteiger partial charge in [-0.05, 0) is 38.6 Å². The van der Waals surface area contributed by atoms with E-state index in [0.717, 1.165) is 18.9 Å². The number of nitrogens with zero attached hydrogens (tertiary/aromatic N) is 4. The molecule has 2 saturated heterocycles. The standard InChI is InChI=1S/C14H19N5/c15-10-12-14(18-8-7-17-12)19-9-2-1-5-13(19)11-4-3-6-16-11/h7-8,11,13,16H,1-6,9H2. The number of piperidine rings is 1. The normalized spacial score (nSPS) is 27.2. The van der Waals surface area contributed by atoms with Crippen molar-refractivity contribution in [2.24, 2.45) is 0 Å². The van der Waals surface area contributed by atoms with Crippen LogP contribution in [0.4, 0.5) is 5.82 Å². The van der Waals surface area contributed by atoms with Crippen molar-refractivity contribution in [1.29, 1.82) is 5.26 Å². The Bertz CT molecular complexity index is 475. The van der Waals surface area contributed by atoms with Gasteiger partial charge < -0.3 is 10.2 Å². The summed E-state index contributed by atoms with van der Waals surface area (Å²) < 4.78 is 0. The quantitative estimate of drug-likeness (QED) is 0.869. The number of aromatic nitrogens is 2. The predicted molar refractivity (Wildman–Crippen MR) is 72.8 cm³/mol. The number of nitrogens with one attached hydrogen (secondary N) is 1. The molecule has 1 aromatic heterocycles. The molecule has 1 N–H and O–H groups in total. The van der Waals surface area contributed by atoms with Crippen molar-refractivity contribution < 1.29 is 0 Å². The molecule has 100 valence electrons. The van der Waals surface area contributed by atoms with Gasteiger partial charge in [0.15, 0.2) is 11.5 Å². The Morgan fingerprint density at radius 2 is 2.11 bits per heavy atom. The predicted octanol–water partition coefficient (Wildman–Crippen LogP) is 1.46. The Morgan fingerprint density at radius 3 is 2.89 bits per heavy atom. The fraction of sp³-hybridized carbons (Fsp3) is 0.643. The van der Waals surface area contributed by atoms with E-state index >= 15 is 0 Å². The molecule has 0 spiro atoms. The van der Waals surface area contributed by atoms with E-state index in [4.69, 9.17) is 0 Å². The summed E-state index contributed by atoms with van der Waals surface area (Å²) in [7, 11) is 0. The van der Waals surface area contributed by atoms with Crippen LogP contribution < -0.4 is 10.2 Å². The molecule has 2 unspecified atom stereocenters.